The summed E-state index contributed by atoms with van der Waals surface area (Å²) >= 11 is 0. The van der Waals surface area contributed by atoms with E-state index in [1.54, 1.807) is 6.07 Å². The first-order valence-corrected chi connectivity index (χ1v) is 7.95. The third kappa shape index (κ3) is 3.38. The van der Waals surface area contributed by atoms with Gasteiger partial charge in [0.25, 0.3) is 5.56 Å². The van der Waals surface area contributed by atoms with E-state index >= 15 is 0 Å². The molecule has 0 aliphatic heterocycles. The number of benzene rings is 2. The van der Waals surface area contributed by atoms with Gasteiger partial charge < -0.3 is 4.90 Å². The molecule has 4 heteroatoms. The topological polar surface area (TPSA) is 38.1 Å². The number of hydrogen-bond acceptors (Lipinski definition) is 3. The van der Waals surface area contributed by atoms with Crippen LogP contribution in [0.1, 0.15) is 11.3 Å². The summed E-state index contributed by atoms with van der Waals surface area (Å²) in [6.07, 6.45) is 0. The molecule has 4 nitrogen and oxygen atoms in total. The lowest BCUT2D eigenvalue weighted by atomic mass is 10.0. The molecule has 1 aromatic heterocycles. The van der Waals surface area contributed by atoms with Gasteiger partial charge in [-0.15, -0.1) is 0 Å². The Morgan fingerprint density at radius 1 is 1.00 bits per heavy atom. The summed E-state index contributed by atoms with van der Waals surface area (Å²) in [4.78, 5) is 14.5. The van der Waals surface area contributed by atoms with Crippen LogP contribution in [-0.4, -0.2) is 23.9 Å². The zero-order chi connectivity index (χ0) is 17.1. The average molecular weight is 319 g/mol. The Labute approximate surface area is 142 Å². The van der Waals surface area contributed by atoms with Crippen molar-refractivity contribution >= 4 is 5.69 Å². The Kier molecular flexibility index (Phi) is 4.47. The Hall–Kier alpha value is -2.88. The molecule has 0 fully saturated rings. The van der Waals surface area contributed by atoms with Crippen LogP contribution in [0.2, 0.25) is 0 Å². The molecule has 0 N–H and O–H groups in total. The summed E-state index contributed by atoms with van der Waals surface area (Å²) in [5.74, 6) is 0. The number of anilines is 1. The van der Waals surface area contributed by atoms with Gasteiger partial charge in [-0.3, -0.25) is 4.79 Å². The van der Waals surface area contributed by atoms with Gasteiger partial charge in [0.05, 0.1) is 12.2 Å². The minimum atomic E-state index is -0.0869. The second-order valence-corrected chi connectivity index (χ2v) is 6.07. The number of rotatable bonds is 4. The third-order valence-corrected chi connectivity index (χ3v) is 4.05. The van der Waals surface area contributed by atoms with Crippen LogP contribution >= 0.6 is 0 Å². The van der Waals surface area contributed by atoms with E-state index in [0.29, 0.717) is 6.54 Å². The van der Waals surface area contributed by atoms with E-state index in [1.807, 2.05) is 80.5 Å². The van der Waals surface area contributed by atoms with Crippen molar-refractivity contribution in [2.24, 2.45) is 0 Å². The molecule has 0 unspecified atom stereocenters. The van der Waals surface area contributed by atoms with Crippen LogP contribution < -0.4 is 10.5 Å². The van der Waals surface area contributed by atoms with Crippen molar-refractivity contribution in [2.75, 3.05) is 19.0 Å². The molecule has 0 aliphatic rings. The van der Waals surface area contributed by atoms with Crippen molar-refractivity contribution in [1.82, 2.24) is 9.78 Å². The number of aryl methyl sites for hydroxylation is 1. The van der Waals surface area contributed by atoms with E-state index in [4.69, 9.17) is 0 Å². The fourth-order valence-electron chi connectivity index (χ4n) is 2.69. The Morgan fingerprint density at radius 3 is 2.29 bits per heavy atom. The van der Waals surface area contributed by atoms with Gasteiger partial charge in [-0.1, -0.05) is 42.5 Å². The molecule has 3 aromatic rings. The largest absolute Gasteiger partial charge is 0.378 e. The van der Waals surface area contributed by atoms with E-state index in [9.17, 15) is 4.79 Å². The molecule has 0 amide bonds. The smallest absolute Gasteiger partial charge is 0.267 e. The van der Waals surface area contributed by atoms with Gasteiger partial charge in [-0.05, 0) is 30.2 Å². The first-order chi connectivity index (χ1) is 11.5. The summed E-state index contributed by atoms with van der Waals surface area (Å²) in [7, 11) is 4.01. The highest BCUT2D eigenvalue weighted by Gasteiger charge is 2.08. The van der Waals surface area contributed by atoms with Gasteiger partial charge in [0, 0.05) is 31.4 Å². The number of aromatic nitrogens is 2. The molecule has 3 rings (SSSR count). The highest BCUT2D eigenvalue weighted by molar-refractivity contribution is 5.67. The molecule has 0 bridgehead atoms. The maximum Gasteiger partial charge on any atom is 0.267 e. The van der Waals surface area contributed by atoms with Gasteiger partial charge >= 0.3 is 0 Å². The molecule has 0 aliphatic carbocycles. The first kappa shape index (κ1) is 16.0. The van der Waals surface area contributed by atoms with E-state index in [1.165, 1.54) is 4.68 Å². The second-order valence-electron chi connectivity index (χ2n) is 6.07. The van der Waals surface area contributed by atoms with Crippen LogP contribution in [0, 0.1) is 6.92 Å². The molecule has 0 atom stereocenters. The molecule has 0 saturated carbocycles. The van der Waals surface area contributed by atoms with E-state index in [-0.39, 0.29) is 5.56 Å². The molecule has 122 valence electrons. The monoisotopic (exact) mass is 319 g/mol. The minimum Gasteiger partial charge on any atom is -0.378 e. The van der Waals surface area contributed by atoms with Crippen molar-refractivity contribution in [1.29, 1.82) is 0 Å². The molecule has 1 heterocycles. The Balaban J connectivity index is 1.93. The van der Waals surface area contributed by atoms with Crippen LogP contribution in [-0.2, 0) is 6.54 Å². The van der Waals surface area contributed by atoms with Crippen LogP contribution in [0.3, 0.4) is 0 Å². The maximum absolute atomic E-state index is 12.4. The zero-order valence-electron chi connectivity index (χ0n) is 14.2. The van der Waals surface area contributed by atoms with Gasteiger partial charge in [-0.25, -0.2) is 4.68 Å². The highest BCUT2D eigenvalue weighted by Crippen LogP contribution is 2.23. The lowest BCUT2D eigenvalue weighted by Gasteiger charge is -2.14. The summed E-state index contributed by atoms with van der Waals surface area (Å²) in [5.41, 5.74) is 4.85. The standard InChI is InChI=1S/C20H21N3O/c1-15-19(17-9-11-18(12-10-17)22(2)3)13-20(24)23(21-15)14-16-7-5-4-6-8-16/h4-13H,14H2,1-3H3. The number of nitrogens with zero attached hydrogens (tertiary/aromatic N) is 3. The van der Waals surface area contributed by atoms with Crippen LogP contribution in [0.4, 0.5) is 5.69 Å². The van der Waals surface area contributed by atoms with Crippen molar-refractivity contribution in [2.45, 2.75) is 13.5 Å². The molecule has 0 radical (unpaired) electrons. The third-order valence-electron chi connectivity index (χ3n) is 4.05. The lowest BCUT2D eigenvalue weighted by Crippen LogP contribution is -2.24. The first-order valence-electron chi connectivity index (χ1n) is 7.95. The quantitative estimate of drug-likeness (QED) is 0.740. The maximum atomic E-state index is 12.4. The van der Waals surface area contributed by atoms with Crippen LogP contribution in [0.15, 0.2) is 65.5 Å². The van der Waals surface area contributed by atoms with Crippen molar-refractivity contribution in [3.8, 4) is 11.1 Å². The molecular formula is C20H21N3O. The average Bonchev–Trinajstić information content (AvgIpc) is 2.59. The van der Waals surface area contributed by atoms with Crippen LogP contribution in [0.25, 0.3) is 11.1 Å². The van der Waals surface area contributed by atoms with Crippen molar-refractivity contribution in [3.63, 3.8) is 0 Å². The van der Waals surface area contributed by atoms with Crippen molar-refractivity contribution in [3.05, 3.63) is 82.3 Å². The molecule has 0 saturated heterocycles. The summed E-state index contributed by atoms with van der Waals surface area (Å²) in [5, 5.41) is 4.50. The summed E-state index contributed by atoms with van der Waals surface area (Å²) in [6, 6.07) is 19.7. The SMILES string of the molecule is Cc1nn(Cc2ccccc2)c(=O)cc1-c1ccc(N(C)C)cc1. The Bertz CT molecular complexity index is 881. The van der Waals surface area contributed by atoms with E-state index in [2.05, 4.69) is 5.10 Å². The predicted octanol–water partition coefficient (Wildman–Crippen LogP) is 3.33. The van der Waals surface area contributed by atoms with Crippen LogP contribution in [0.5, 0.6) is 0 Å². The molecular weight excluding hydrogens is 298 g/mol. The molecule has 2 aromatic carbocycles. The van der Waals surface area contributed by atoms with Crippen molar-refractivity contribution < 1.29 is 0 Å². The van der Waals surface area contributed by atoms with Gasteiger partial charge in [0.1, 0.15) is 0 Å². The second kappa shape index (κ2) is 6.71. The zero-order valence-corrected chi connectivity index (χ0v) is 14.2. The Morgan fingerprint density at radius 2 is 1.67 bits per heavy atom. The summed E-state index contributed by atoms with van der Waals surface area (Å²) < 4.78 is 1.52. The normalized spacial score (nSPS) is 10.6. The fraction of sp³-hybridized carbons (Fsp3) is 0.200. The summed E-state index contributed by atoms with van der Waals surface area (Å²) in [6.45, 7) is 2.43. The molecule has 0 spiro atoms. The van der Waals surface area contributed by atoms with E-state index < -0.39 is 0 Å². The molecule has 24 heavy (non-hydrogen) atoms. The van der Waals surface area contributed by atoms with Gasteiger partial charge in [-0.2, -0.15) is 5.10 Å². The lowest BCUT2D eigenvalue weighted by molar-refractivity contribution is 0.629. The number of hydrogen-bond donors (Lipinski definition) is 0. The van der Waals surface area contributed by atoms with Gasteiger partial charge in [0.15, 0.2) is 0 Å². The van der Waals surface area contributed by atoms with E-state index in [0.717, 1.165) is 28.1 Å². The van der Waals surface area contributed by atoms with Gasteiger partial charge in [0.2, 0.25) is 0 Å². The highest BCUT2D eigenvalue weighted by atomic mass is 16.1. The predicted molar refractivity (Wildman–Crippen MR) is 98.5 cm³/mol. The minimum absolute atomic E-state index is 0.0869. The fourth-order valence-corrected chi connectivity index (χ4v) is 2.69.